The Kier molecular flexibility index (Phi) is 3.34. The van der Waals surface area contributed by atoms with Crippen molar-refractivity contribution >= 4 is 10.0 Å². The number of hydrogen-bond donors (Lipinski definition) is 2. The van der Waals surface area contributed by atoms with Crippen molar-refractivity contribution < 1.29 is 13.5 Å². The van der Waals surface area contributed by atoms with Crippen molar-refractivity contribution in [3.8, 4) is 0 Å². The molecule has 3 heterocycles. The zero-order valence-electron chi connectivity index (χ0n) is 10.6. The largest absolute Gasteiger partial charge is 0.390 e. The highest BCUT2D eigenvalue weighted by atomic mass is 32.2. The van der Waals surface area contributed by atoms with E-state index in [-0.39, 0.29) is 17.5 Å². The van der Waals surface area contributed by atoms with Crippen molar-refractivity contribution in [1.82, 2.24) is 19.4 Å². The molecule has 8 heteroatoms. The summed E-state index contributed by atoms with van der Waals surface area (Å²) in [5, 5.41) is 16.3. The Hall–Kier alpha value is -0.960. The van der Waals surface area contributed by atoms with E-state index in [0.29, 0.717) is 6.54 Å². The van der Waals surface area contributed by atoms with Gasteiger partial charge in [0.05, 0.1) is 18.3 Å². The van der Waals surface area contributed by atoms with E-state index in [1.54, 1.807) is 0 Å². The second-order valence-corrected chi connectivity index (χ2v) is 7.07. The zero-order valence-corrected chi connectivity index (χ0v) is 11.4. The first-order valence-electron chi connectivity index (χ1n) is 6.50. The van der Waals surface area contributed by atoms with Crippen LogP contribution >= 0.6 is 0 Å². The molecule has 2 aliphatic rings. The van der Waals surface area contributed by atoms with Crippen LogP contribution in [0.5, 0.6) is 0 Å². The van der Waals surface area contributed by atoms with Gasteiger partial charge in [-0.2, -0.15) is 9.40 Å². The molecule has 2 aliphatic heterocycles. The quantitative estimate of drug-likeness (QED) is 0.762. The number of β-amino-alcohol motifs (C(OH)–C–C–N with tert-alkyl or cyclic N) is 1. The van der Waals surface area contributed by atoms with E-state index in [4.69, 9.17) is 0 Å². The summed E-state index contributed by atoms with van der Waals surface area (Å²) in [6.07, 6.45) is 4.30. The summed E-state index contributed by atoms with van der Waals surface area (Å²) < 4.78 is 26.0. The minimum Gasteiger partial charge on any atom is -0.390 e. The first-order valence-corrected chi connectivity index (χ1v) is 7.94. The summed E-state index contributed by atoms with van der Waals surface area (Å²) in [6, 6.07) is -0.0795. The van der Waals surface area contributed by atoms with Crippen LogP contribution in [-0.2, 0) is 10.0 Å². The van der Waals surface area contributed by atoms with Crippen LogP contribution in [0.3, 0.4) is 0 Å². The van der Waals surface area contributed by atoms with Gasteiger partial charge in [-0.1, -0.05) is 0 Å². The summed E-state index contributed by atoms with van der Waals surface area (Å²) in [7, 11) is -3.54. The van der Waals surface area contributed by atoms with E-state index in [0.717, 1.165) is 25.9 Å². The van der Waals surface area contributed by atoms with Crippen molar-refractivity contribution in [3.05, 3.63) is 12.4 Å². The number of aliphatic hydroxyl groups is 1. The highest BCUT2D eigenvalue weighted by Gasteiger charge is 2.41. The first kappa shape index (κ1) is 13.0. The predicted octanol–water partition coefficient (Wildman–Crippen LogP) is -0.761. The lowest BCUT2D eigenvalue weighted by atomic mass is 10.2. The molecular formula is C11H18N4O3S. The number of nitrogens with zero attached hydrogens (tertiary/aromatic N) is 3. The number of rotatable bonds is 3. The summed E-state index contributed by atoms with van der Waals surface area (Å²) in [4.78, 5) is 2.34. The van der Waals surface area contributed by atoms with Crippen LogP contribution in [0.4, 0.5) is 0 Å². The van der Waals surface area contributed by atoms with Crippen molar-refractivity contribution in [2.75, 3.05) is 26.2 Å². The molecule has 2 saturated heterocycles. The van der Waals surface area contributed by atoms with Crippen molar-refractivity contribution in [2.45, 2.75) is 29.9 Å². The van der Waals surface area contributed by atoms with Gasteiger partial charge in [0.1, 0.15) is 4.90 Å². The molecule has 106 valence electrons. The summed E-state index contributed by atoms with van der Waals surface area (Å²) >= 11 is 0. The molecule has 1 aromatic heterocycles. The topological polar surface area (TPSA) is 89.5 Å². The summed E-state index contributed by atoms with van der Waals surface area (Å²) in [5.41, 5.74) is 0. The standard InChI is InChI=1S/C11H18N4O3S/c16-11-8-15(7-10(11)14-3-1-2-4-14)19(17,18)9-5-12-13-6-9/h5-6,10-11,16H,1-4,7-8H2,(H,12,13)/t10-,11-/m1/s1. The third-order valence-corrected chi connectivity index (χ3v) is 5.74. The Balaban J connectivity index is 1.77. The molecule has 2 N–H and O–H groups in total. The molecular weight excluding hydrogens is 268 g/mol. The molecule has 2 fully saturated rings. The van der Waals surface area contributed by atoms with Gasteiger partial charge in [0, 0.05) is 19.3 Å². The maximum atomic E-state index is 12.3. The molecule has 0 aromatic carbocycles. The van der Waals surface area contributed by atoms with Gasteiger partial charge in [0.2, 0.25) is 10.0 Å². The van der Waals surface area contributed by atoms with Gasteiger partial charge in [-0.05, 0) is 25.9 Å². The molecule has 0 saturated carbocycles. The van der Waals surface area contributed by atoms with Gasteiger partial charge >= 0.3 is 0 Å². The first-order chi connectivity index (χ1) is 9.09. The van der Waals surface area contributed by atoms with E-state index in [1.807, 2.05) is 0 Å². The van der Waals surface area contributed by atoms with Crippen LogP contribution in [0.1, 0.15) is 12.8 Å². The van der Waals surface area contributed by atoms with Gasteiger partial charge in [0.25, 0.3) is 0 Å². The molecule has 3 rings (SSSR count). The van der Waals surface area contributed by atoms with Gasteiger partial charge < -0.3 is 5.11 Å². The lowest BCUT2D eigenvalue weighted by Gasteiger charge is -2.25. The maximum absolute atomic E-state index is 12.3. The Morgan fingerprint density at radius 3 is 2.68 bits per heavy atom. The molecule has 7 nitrogen and oxygen atoms in total. The fourth-order valence-electron chi connectivity index (χ4n) is 2.89. The fraction of sp³-hybridized carbons (Fsp3) is 0.727. The van der Waals surface area contributed by atoms with Gasteiger partial charge in [-0.25, -0.2) is 8.42 Å². The van der Waals surface area contributed by atoms with Crippen LogP contribution < -0.4 is 0 Å². The molecule has 0 spiro atoms. The Morgan fingerprint density at radius 1 is 1.32 bits per heavy atom. The van der Waals surface area contributed by atoms with Crippen LogP contribution in [0.2, 0.25) is 0 Å². The minimum atomic E-state index is -3.54. The fourth-order valence-corrected chi connectivity index (χ4v) is 4.28. The molecule has 0 amide bonds. The molecule has 0 radical (unpaired) electrons. The normalized spacial score (nSPS) is 30.2. The number of aromatic nitrogens is 2. The monoisotopic (exact) mass is 286 g/mol. The maximum Gasteiger partial charge on any atom is 0.246 e. The Bertz CT molecular complexity index is 524. The zero-order chi connectivity index (χ0) is 13.5. The SMILES string of the molecule is O=S(=O)(c1cn[nH]c1)N1C[C@@H](O)[C@H](N2CCCC2)C1. The lowest BCUT2D eigenvalue weighted by molar-refractivity contribution is 0.0983. The summed E-state index contributed by atoms with van der Waals surface area (Å²) in [6.45, 7) is 2.41. The number of sulfonamides is 1. The van der Waals surface area contributed by atoms with E-state index in [9.17, 15) is 13.5 Å². The van der Waals surface area contributed by atoms with Crippen molar-refractivity contribution in [2.24, 2.45) is 0 Å². The van der Waals surface area contributed by atoms with E-state index in [1.165, 1.54) is 16.7 Å². The van der Waals surface area contributed by atoms with Gasteiger partial charge in [-0.15, -0.1) is 0 Å². The number of aliphatic hydroxyl groups excluding tert-OH is 1. The van der Waals surface area contributed by atoms with Gasteiger partial charge in [-0.3, -0.25) is 10.00 Å². The van der Waals surface area contributed by atoms with Gasteiger partial charge in [0.15, 0.2) is 0 Å². The van der Waals surface area contributed by atoms with Crippen LogP contribution in [-0.4, -0.2) is 71.3 Å². The Labute approximate surface area is 112 Å². The van der Waals surface area contributed by atoms with Crippen LogP contribution in [0, 0.1) is 0 Å². The van der Waals surface area contributed by atoms with Crippen molar-refractivity contribution in [1.29, 1.82) is 0 Å². The van der Waals surface area contributed by atoms with E-state index < -0.39 is 16.1 Å². The van der Waals surface area contributed by atoms with Crippen LogP contribution in [0.25, 0.3) is 0 Å². The molecule has 19 heavy (non-hydrogen) atoms. The third-order valence-electron chi connectivity index (χ3n) is 3.95. The lowest BCUT2D eigenvalue weighted by Crippen LogP contribution is -2.41. The van der Waals surface area contributed by atoms with E-state index >= 15 is 0 Å². The number of hydrogen-bond acceptors (Lipinski definition) is 5. The number of aromatic amines is 1. The second kappa shape index (κ2) is 4.86. The van der Waals surface area contributed by atoms with Crippen molar-refractivity contribution in [3.63, 3.8) is 0 Å². The molecule has 1 aromatic rings. The Morgan fingerprint density at radius 2 is 2.05 bits per heavy atom. The molecule has 2 atom stereocenters. The highest BCUT2D eigenvalue weighted by molar-refractivity contribution is 7.89. The average Bonchev–Trinajstić information content (AvgIpc) is 3.10. The summed E-state index contributed by atoms with van der Waals surface area (Å²) in [5.74, 6) is 0. The smallest absolute Gasteiger partial charge is 0.246 e. The number of H-pyrrole nitrogens is 1. The second-order valence-electron chi connectivity index (χ2n) is 5.13. The highest BCUT2D eigenvalue weighted by Crippen LogP contribution is 2.25. The average molecular weight is 286 g/mol. The predicted molar refractivity (Wildman–Crippen MR) is 67.9 cm³/mol. The molecule has 0 bridgehead atoms. The molecule has 0 unspecified atom stereocenters. The number of likely N-dealkylation sites (tertiary alicyclic amines) is 1. The molecule has 0 aliphatic carbocycles. The van der Waals surface area contributed by atoms with E-state index in [2.05, 4.69) is 15.1 Å². The minimum absolute atomic E-state index is 0.0795. The number of nitrogens with one attached hydrogen (secondary N) is 1. The third kappa shape index (κ3) is 2.29. The van der Waals surface area contributed by atoms with Crippen LogP contribution in [0.15, 0.2) is 17.3 Å².